The van der Waals surface area contributed by atoms with E-state index in [1.165, 1.54) is 26.0 Å². The molecule has 0 spiro atoms. The van der Waals surface area contributed by atoms with Crippen molar-refractivity contribution in [3.63, 3.8) is 0 Å². The Morgan fingerprint density at radius 3 is 2.02 bits per heavy atom. The third-order valence-corrected chi connectivity index (χ3v) is 7.41. The van der Waals surface area contributed by atoms with Gasteiger partial charge in [0.2, 0.25) is 0 Å². The van der Waals surface area contributed by atoms with Crippen LogP contribution < -0.4 is 16.0 Å². The molecule has 3 amide bonds. The van der Waals surface area contributed by atoms with Crippen LogP contribution in [0.5, 0.6) is 0 Å². The van der Waals surface area contributed by atoms with E-state index in [0.29, 0.717) is 35.0 Å². The van der Waals surface area contributed by atoms with Crippen LogP contribution in [-0.4, -0.2) is 60.9 Å². The van der Waals surface area contributed by atoms with E-state index in [1.54, 1.807) is 48.5 Å². The van der Waals surface area contributed by atoms with E-state index < -0.39 is 18.2 Å². The number of halogens is 1. The van der Waals surface area contributed by atoms with Crippen LogP contribution in [0.1, 0.15) is 53.0 Å². The van der Waals surface area contributed by atoms with Gasteiger partial charge in [-0.15, -0.1) is 0 Å². The number of anilines is 2. The molecule has 1 atom stereocenters. The molecule has 3 aromatic rings. The molecule has 10 heteroatoms. The molecule has 1 saturated heterocycles. The topological polar surface area (TPSA) is 117 Å². The minimum atomic E-state index is -0.701. The van der Waals surface area contributed by atoms with Crippen molar-refractivity contribution in [2.75, 3.05) is 36.8 Å². The summed E-state index contributed by atoms with van der Waals surface area (Å²) in [5, 5.41) is 8.15. The van der Waals surface area contributed by atoms with Crippen LogP contribution in [0.15, 0.2) is 72.8 Å². The number of urea groups is 1. The molecule has 1 heterocycles. The van der Waals surface area contributed by atoms with E-state index in [2.05, 4.69) is 20.9 Å². The zero-order chi connectivity index (χ0) is 30.8. The molecule has 3 aromatic carbocycles. The van der Waals surface area contributed by atoms with E-state index in [1.807, 2.05) is 12.1 Å². The normalized spacial score (nSPS) is 14.4. The molecule has 226 valence electrons. The molecule has 0 radical (unpaired) electrons. The van der Waals surface area contributed by atoms with Gasteiger partial charge in [0.15, 0.2) is 11.6 Å². The minimum absolute atomic E-state index is 0.0502. The molecule has 4 rings (SSSR count). The average molecular weight is 589 g/mol. The highest BCUT2D eigenvalue weighted by molar-refractivity contribution is 5.97. The fourth-order valence-corrected chi connectivity index (χ4v) is 5.07. The lowest BCUT2D eigenvalue weighted by atomic mass is 9.90. The van der Waals surface area contributed by atoms with Gasteiger partial charge in [-0.3, -0.25) is 19.8 Å². The molecule has 3 N–H and O–H groups in total. The number of nitrogens with zero attached hydrogens (tertiary/aromatic N) is 1. The van der Waals surface area contributed by atoms with Crippen molar-refractivity contribution in [1.82, 2.24) is 10.2 Å². The second kappa shape index (κ2) is 15.1. The van der Waals surface area contributed by atoms with Gasteiger partial charge in [0.25, 0.3) is 0 Å². The number of benzene rings is 3. The van der Waals surface area contributed by atoms with Crippen LogP contribution in [0.3, 0.4) is 0 Å². The number of Topliss-reactive ketones (excluding diaryl/α,β-unsaturated/α-hetero) is 2. The van der Waals surface area contributed by atoms with Crippen molar-refractivity contribution >= 4 is 35.1 Å². The van der Waals surface area contributed by atoms with Crippen molar-refractivity contribution in [3.8, 4) is 0 Å². The summed E-state index contributed by atoms with van der Waals surface area (Å²) in [5.74, 6) is -0.0136. The van der Waals surface area contributed by atoms with Gasteiger partial charge in [-0.1, -0.05) is 36.4 Å². The molecular formula is C33H37FN4O5. The van der Waals surface area contributed by atoms with E-state index in [9.17, 15) is 23.6 Å². The Bertz CT molecular complexity index is 1440. The summed E-state index contributed by atoms with van der Waals surface area (Å²) in [6, 6.07) is 19.3. The number of carbonyl (C=O) groups is 4. The van der Waals surface area contributed by atoms with Crippen LogP contribution in [0.2, 0.25) is 0 Å². The molecule has 0 aliphatic carbocycles. The Morgan fingerprint density at radius 2 is 1.44 bits per heavy atom. The first-order chi connectivity index (χ1) is 20.6. The lowest BCUT2D eigenvalue weighted by molar-refractivity contribution is 0.0676. The molecule has 43 heavy (non-hydrogen) atoms. The monoisotopic (exact) mass is 588 g/mol. The quantitative estimate of drug-likeness (QED) is 0.239. The highest BCUT2D eigenvalue weighted by atomic mass is 19.1. The first kappa shape index (κ1) is 31.4. The van der Waals surface area contributed by atoms with E-state index in [-0.39, 0.29) is 23.9 Å². The second-order valence-corrected chi connectivity index (χ2v) is 10.8. The minimum Gasteiger partial charge on any atom is -0.443 e. The van der Waals surface area contributed by atoms with Gasteiger partial charge in [-0.2, -0.15) is 0 Å². The van der Waals surface area contributed by atoms with Gasteiger partial charge < -0.3 is 15.4 Å². The Kier molecular flexibility index (Phi) is 11.0. The average Bonchev–Trinajstić information content (AvgIpc) is 2.98. The van der Waals surface area contributed by atoms with Crippen molar-refractivity contribution in [1.29, 1.82) is 0 Å². The Labute approximate surface area is 250 Å². The van der Waals surface area contributed by atoms with Gasteiger partial charge >= 0.3 is 12.1 Å². The number of ether oxygens (including phenoxy) is 1. The van der Waals surface area contributed by atoms with Gasteiger partial charge in [-0.25, -0.2) is 14.0 Å². The smallest absolute Gasteiger partial charge is 0.412 e. The van der Waals surface area contributed by atoms with E-state index in [0.717, 1.165) is 37.9 Å². The number of hydrogen-bond acceptors (Lipinski definition) is 6. The highest BCUT2D eigenvalue weighted by Crippen LogP contribution is 2.22. The van der Waals surface area contributed by atoms with Gasteiger partial charge in [-0.05, 0) is 94.1 Å². The number of carbonyl (C=O) groups excluding carboxylic acids is 4. The molecule has 9 nitrogen and oxygen atoms in total. The molecule has 1 fully saturated rings. The Morgan fingerprint density at radius 1 is 0.860 bits per heavy atom. The molecule has 1 aliphatic heterocycles. The Balaban J connectivity index is 1.35. The SMILES string of the molecule is CC(=O)c1cccc(NC(=O)NC[C@@H](CN2CCC(Cc3ccc(F)cc3)CC2)OC(=O)Nc2cccc(C(C)=O)c2)c1. The number of hydrogen-bond donors (Lipinski definition) is 3. The standard InChI is InChI=1S/C33H37FN4O5/c1-22(39)26-5-3-7-29(18-26)36-32(41)35-20-31(43-33(42)37-30-8-4-6-27(19-30)23(2)40)21-38-15-13-25(14-16-38)17-24-9-11-28(34)12-10-24/h3-12,18-19,25,31H,13-17,20-21H2,1-2H3,(H,37,42)(H2,35,36,41)/t31-/m0/s1. The fraction of sp³-hybridized carbons (Fsp3) is 0.333. The van der Waals surface area contributed by atoms with Crippen LogP contribution in [-0.2, 0) is 11.2 Å². The third-order valence-electron chi connectivity index (χ3n) is 7.41. The summed E-state index contributed by atoms with van der Waals surface area (Å²) in [6.45, 7) is 4.94. The summed E-state index contributed by atoms with van der Waals surface area (Å²) in [5.41, 5.74) is 2.94. The predicted octanol–water partition coefficient (Wildman–Crippen LogP) is 5.92. The van der Waals surface area contributed by atoms with E-state index in [4.69, 9.17) is 4.74 Å². The van der Waals surface area contributed by atoms with Crippen LogP contribution in [0.25, 0.3) is 0 Å². The first-order valence-electron chi connectivity index (χ1n) is 14.4. The molecule has 0 saturated carbocycles. The molecule has 1 aliphatic rings. The maximum absolute atomic E-state index is 13.3. The summed E-state index contributed by atoms with van der Waals surface area (Å²) in [6.07, 6.45) is 1.39. The first-order valence-corrected chi connectivity index (χ1v) is 14.4. The maximum atomic E-state index is 13.3. The molecule has 0 bridgehead atoms. The zero-order valence-corrected chi connectivity index (χ0v) is 24.4. The number of amides is 3. The number of likely N-dealkylation sites (tertiary alicyclic amines) is 1. The predicted molar refractivity (Wildman–Crippen MR) is 163 cm³/mol. The van der Waals surface area contributed by atoms with Crippen molar-refractivity contribution in [3.05, 3.63) is 95.3 Å². The van der Waals surface area contributed by atoms with Crippen molar-refractivity contribution < 1.29 is 28.3 Å². The van der Waals surface area contributed by atoms with Crippen LogP contribution >= 0.6 is 0 Å². The maximum Gasteiger partial charge on any atom is 0.412 e. The lowest BCUT2D eigenvalue weighted by Crippen LogP contribution is -2.46. The summed E-state index contributed by atoms with van der Waals surface area (Å²) in [4.78, 5) is 51.1. The number of ketones is 2. The molecule has 0 aromatic heterocycles. The van der Waals surface area contributed by atoms with Gasteiger partial charge in [0.1, 0.15) is 11.9 Å². The van der Waals surface area contributed by atoms with E-state index >= 15 is 0 Å². The largest absolute Gasteiger partial charge is 0.443 e. The van der Waals surface area contributed by atoms with Crippen molar-refractivity contribution in [2.45, 2.75) is 39.2 Å². The molecular weight excluding hydrogens is 551 g/mol. The zero-order valence-electron chi connectivity index (χ0n) is 24.4. The van der Waals surface area contributed by atoms with Crippen molar-refractivity contribution in [2.24, 2.45) is 5.92 Å². The number of piperidine rings is 1. The summed E-state index contributed by atoms with van der Waals surface area (Å²) >= 11 is 0. The van der Waals surface area contributed by atoms with Crippen LogP contribution in [0, 0.1) is 11.7 Å². The lowest BCUT2D eigenvalue weighted by Gasteiger charge is -2.34. The Hall–Kier alpha value is -4.57. The molecule has 0 unspecified atom stereocenters. The second-order valence-electron chi connectivity index (χ2n) is 10.8. The summed E-state index contributed by atoms with van der Waals surface area (Å²) in [7, 11) is 0. The third kappa shape index (κ3) is 10.0. The van der Waals surface area contributed by atoms with Gasteiger partial charge in [0, 0.05) is 29.0 Å². The fourth-order valence-electron chi connectivity index (χ4n) is 5.07. The number of rotatable bonds is 11. The van der Waals surface area contributed by atoms with Gasteiger partial charge in [0.05, 0.1) is 6.54 Å². The summed E-state index contributed by atoms with van der Waals surface area (Å²) < 4.78 is 19.0. The van der Waals surface area contributed by atoms with Crippen LogP contribution in [0.4, 0.5) is 25.4 Å². The number of nitrogens with one attached hydrogen (secondary N) is 3. The highest BCUT2D eigenvalue weighted by Gasteiger charge is 2.25.